The summed E-state index contributed by atoms with van der Waals surface area (Å²) in [6.07, 6.45) is -0.733. The molecule has 2 heterocycles. The van der Waals surface area contributed by atoms with E-state index >= 15 is 0 Å². The minimum absolute atomic E-state index is 0.160. The van der Waals surface area contributed by atoms with Gasteiger partial charge in [-0.2, -0.15) is 0 Å². The van der Waals surface area contributed by atoms with Crippen LogP contribution < -0.4 is 0 Å². The molecule has 5 atom stereocenters. The van der Waals surface area contributed by atoms with Gasteiger partial charge in [-0.25, -0.2) is 0 Å². The van der Waals surface area contributed by atoms with E-state index in [-0.39, 0.29) is 12.0 Å². The molecule has 0 aromatic carbocycles. The first kappa shape index (κ1) is 13.4. The predicted molar refractivity (Wildman–Crippen MR) is 62.7 cm³/mol. The van der Waals surface area contributed by atoms with Gasteiger partial charge in [-0.15, -0.1) is 0 Å². The summed E-state index contributed by atoms with van der Waals surface area (Å²) < 4.78 is 17.0. The zero-order chi connectivity index (χ0) is 12.6. The number of carbonyl (C=O) groups is 1. The average molecular weight is 309 g/mol. The molecule has 2 aliphatic heterocycles. The van der Waals surface area contributed by atoms with E-state index in [1.165, 1.54) is 0 Å². The van der Waals surface area contributed by atoms with Crippen molar-refractivity contribution in [1.82, 2.24) is 0 Å². The van der Waals surface area contributed by atoms with Crippen LogP contribution >= 0.6 is 15.9 Å². The minimum Gasteiger partial charge on any atom is -0.390 e. The average Bonchev–Trinajstić information content (AvgIpc) is 2.72. The molecule has 0 unspecified atom stereocenters. The van der Waals surface area contributed by atoms with E-state index in [0.29, 0.717) is 11.8 Å². The Morgan fingerprint density at radius 2 is 2.18 bits per heavy atom. The maximum atomic E-state index is 10.7. The monoisotopic (exact) mass is 308 g/mol. The number of hydrogen-bond donors (Lipinski definition) is 1. The van der Waals surface area contributed by atoms with E-state index in [0.717, 1.165) is 6.29 Å². The fourth-order valence-electron chi connectivity index (χ4n) is 2.44. The molecule has 2 saturated heterocycles. The van der Waals surface area contributed by atoms with Crippen LogP contribution in [0.3, 0.4) is 0 Å². The van der Waals surface area contributed by atoms with Gasteiger partial charge in [-0.1, -0.05) is 15.9 Å². The molecule has 2 fully saturated rings. The number of aliphatic hydroxyl groups excluding tert-OH is 1. The first-order valence-electron chi connectivity index (χ1n) is 5.67. The van der Waals surface area contributed by atoms with E-state index in [4.69, 9.17) is 14.2 Å². The molecule has 0 spiro atoms. The molecule has 2 aliphatic rings. The molecule has 0 aromatic rings. The third-order valence-electron chi connectivity index (χ3n) is 3.13. The van der Waals surface area contributed by atoms with Crippen LogP contribution in [0.25, 0.3) is 0 Å². The molecule has 0 radical (unpaired) electrons. The number of alkyl halides is 1. The number of carbonyl (C=O) groups excluding carboxylic acids is 1. The summed E-state index contributed by atoms with van der Waals surface area (Å²) in [6, 6.07) is 0. The van der Waals surface area contributed by atoms with E-state index in [9.17, 15) is 9.90 Å². The van der Waals surface area contributed by atoms with Gasteiger partial charge in [-0.3, -0.25) is 0 Å². The summed E-state index contributed by atoms with van der Waals surface area (Å²) >= 11 is 3.21. The number of hydrogen-bond acceptors (Lipinski definition) is 5. The lowest BCUT2D eigenvalue weighted by atomic mass is 9.92. The van der Waals surface area contributed by atoms with Crippen LogP contribution in [0.15, 0.2) is 0 Å². The molecule has 0 bridgehead atoms. The Hall–Kier alpha value is -0.0100. The molecule has 0 amide bonds. The highest BCUT2D eigenvalue weighted by Gasteiger charge is 2.55. The fourth-order valence-corrected chi connectivity index (χ4v) is 2.81. The third-order valence-corrected chi connectivity index (χ3v) is 3.79. The first-order valence-corrected chi connectivity index (χ1v) is 6.79. The number of halogens is 1. The Morgan fingerprint density at radius 3 is 2.76 bits per heavy atom. The molecule has 0 aromatic heterocycles. The summed E-state index contributed by atoms with van der Waals surface area (Å²) in [5, 5.41) is 10.2. The normalized spacial score (nSPS) is 41.2. The molecule has 17 heavy (non-hydrogen) atoms. The summed E-state index contributed by atoms with van der Waals surface area (Å²) in [5.41, 5.74) is 0. The van der Waals surface area contributed by atoms with Gasteiger partial charge in [0.05, 0.1) is 12.2 Å². The summed E-state index contributed by atoms with van der Waals surface area (Å²) in [7, 11) is 0. The summed E-state index contributed by atoms with van der Waals surface area (Å²) in [5.74, 6) is -0.854. The van der Waals surface area contributed by atoms with Crippen molar-refractivity contribution in [2.24, 2.45) is 5.92 Å². The Morgan fingerprint density at radius 1 is 1.47 bits per heavy atom. The Balaban J connectivity index is 2.12. The van der Waals surface area contributed by atoms with Gasteiger partial charge in [0.2, 0.25) is 0 Å². The Bertz CT molecular complexity index is 296. The molecule has 1 N–H and O–H groups in total. The smallest absolute Gasteiger partial charge is 0.187 e. The van der Waals surface area contributed by atoms with E-state index in [1.54, 1.807) is 0 Å². The van der Waals surface area contributed by atoms with Crippen LogP contribution in [0, 0.1) is 5.92 Å². The van der Waals surface area contributed by atoms with Crippen molar-refractivity contribution < 1.29 is 24.1 Å². The van der Waals surface area contributed by atoms with Gasteiger partial charge in [0.1, 0.15) is 12.4 Å². The highest BCUT2D eigenvalue weighted by molar-refractivity contribution is 9.09. The molecule has 0 aliphatic carbocycles. The predicted octanol–water partition coefficient (Wildman–Crippen LogP) is 0.824. The second-order valence-electron chi connectivity index (χ2n) is 4.86. The van der Waals surface area contributed by atoms with Gasteiger partial charge in [0.15, 0.2) is 12.1 Å². The van der Waals surface area contributed by atoms with Gasteiger partial charge >= 0.3 is 0 Å². The standard InChI is InChI=1S/C11H17BrO5/c1-11(2)16-9-6(3-4-13)8(7(14)5-12)15-10(9)17-11/h4,6-10,14H,3,5H2,1-2H3/t6-,7+,8+,9-,10-/m1/s1. The van der Waals surface area contributed by atoms with E-state index in [2.05, 4.69) is 15.9 Å². The number of fused-ring (bicyclic) bond motifs is 1. The maximum Gasteiger partial charge on any atom is 0.187 e. The SMILES string of the molecule is CC1(C)O[C@H]2O[C@H]([C@@H](O)CBr)[C@@H](CC=O)[C@H]2O1. The topological polar surface area (TPSA) is 65.0 Å². The minimum atomic E-state index is -0.694. The zero-order valence-corrected chi connectivity index (χ0v) is 11.4. The third kappa shape index (κ3) is 2.56. The van der Waals surface area contributed by atoms with Crippen LogP contribution in [0.2, 0.25) is 0 Å². The quantitative estimate of drug-likeness (QED) is 0.615. The molecule has 6 heteroatoms. The van der Waals surface area contributed by atoms with Crippen molar-refractivity contribution >= 4 is 22.2 Å². The van der Waals surface area contributed by atoms with Crippen molar-refractivity contribution in [2.45, 2.75) is 50.7 Å². The number of aldehydes is 1. The molecular weight excluding hydrogens is 292 g/mol. The lowest BCUT2D eigenvalue weighted by molar-refractivity contribution is -0.219. The molecule has 5 nitrogen and oxygen atoms in total. The highest BCUT2D eigenvalue weighted by atomic mass is 79.9. The second kappa shape index (κ2) is 4.93. The molecule has 98 valence electrons. The molecule has 2 rings (SSSR count). The number of rotatable bonds is 4. The van der Waals surface area contributed by atoms with Gasteiger partial charge < -0.3 is 24.1 Å². The summed E-state index contributed by atoms with van der Waals surface area (Å²) in [6.45, 7) is 3.62. The largest absolute Gasteiger partial charge is 0.390 e. The van der Waals surface area contributed by atoms with Gasteiger partial charge in [-0.05, 0) is 13.8 Å². The van der Waals surface area contributed by atoms with E-state index in [1.807, 2.05) is 13.8 Å². The Labute approximate surface area is 109 Å². The second-order valence-corrected chi connectivity index (χ2v) is 5.50. The molecule has 0 saturated carbocycles. The van der Waals surface area contributed by atoms with Crippen LogP contribution in [-0.2, 0) is 19.0 Å². The fraction of sp³-hybridized carbons (Fsp3) is 0.909. The highest BCUT2D eigenvalue weighted by Crippen LogP contribution is 2.42. The van der Waals surface area contributed by atoms with Crippen molar-refractivity contribution in [3.63, 3.8) is 0 Å². The van der Waals surface area contributed by atoms with Crippen LogP contribution in [-0.4, -0.2) is 47.1 Å². The van der Waals surface area contributed by atoms with Gasteiger partial charge in [0.25, 0.3) is 0 Å². The van der Waals surface area contributed by atoms with Gasteiger partial charge in [0, 0.05) is 17.7 Å². The lowest BCUT2D eigenvalue weighted by Crippen LogP contribution is -2.38. The number of ether oxygens (including phenoxy) is 3. The van der Waals surface area contributed by atoms with Crippen molar-refractivity contribution in [3.05, 3.63) is 0 Å². The molecular formula is C11H17BrO5. The van der Waals surface area contributed by atoms with Crippen molar-refractivity contribution in [2.75, 3.05) is 5.33 Å². The first-order chi connectivity index (χ1) is 7.98. The number of aliphatic hydroxyl groups is 1. The Kier molecular flexibility index (Phi) is 3.89. The van der Waals surface area contributed by atoms with Crippen LogP contribution in [0.4, 0.5) is 0 Å². The van der Waals surface area contributed by atoms with Crippen LogP contribution in [0.5, 0.6) is 0 Å². The van der Waals surface area contributed by atoms with Crippen molar-refractivity contribution in [1.29, 1.82) is 0 Å². The van der Waals surface area contributed by atoms with Crippen molar-refractivity contribution in [3.8, 4) is 0 Å². The van der Waals surface area contributed by atoms with E-state index < -0.39 is 24.3 Å². The summed E-state index contributed by atoms with van der Waals surface area (Å²) in [4.78, 5) is 10.7. The zero-order valence-electron chi connectivity index (χ0n) is 9.84. The maximum absolute atomic E-state index is 10.7. The lowest BCUT2D eigenvalue weighted by Gasteiger charge is -2.26. The van der Waals surface area contributed by atoms with Crippen LogP contribution in [0.1, 0.15) is 20.3 Å².